The lowest BCUT2D eigenvalue weighted by Crippen LogP contribution is -2.37. The molecule has 0 radical (unpaired) electrons. The van der Waals surface area contributed by atoms with Crippen molar-refractivity contribution in [3.8, 4) is 5.75 Å². The van der Waals surface area contributed by atoms with Crippen molar-refractivity contribution in [2.24, 2.45) is 5.92 Å². The summed E-state index contributed by atoms with van der Waals surface area (Å²) in [5.41, 5.74) is 0.770. The molecule has 19 heavy (non-hydrogen) atoms. The van der Waals surface area contributed by atoms with Crippen LogP contribution in [0.5, 0.6) is 5.75 Å². The smallest absolute Gasteiger partial charge is 0.228 e. The Balaban J connectivity index is 1.99. The Labute approximate surface area is 114 Å². The van der Waals surface area contributed by atoms with Crippen molar-refractivity contribution in [3.05, 3.63) is 24.3 Å². The zero-order valence-corrected chi connectivity index (χ0v) is 11.4. The molecule has 4 heteroatoms. The van der Waals surface area contributed by atoms with Crippen molar-refractivity contribution < 1.29 is 9.53 Å². The number of piperidine rings is 1. The van der Waals surface area contributed by atoms with Gasteiger partial charge in [-0.15, -0.1) is 0 Å². The monoisotopic (exact) mass is 262 g/mol. The number of carbonyl (C=O) groups excluding carboxylic acids is 1. The molecule has 1 aromatic carbocycles. The number of nitrogens with one attached hydrogen (secondary N) is 2. The number of carbonyl (C=O) groups is 1. The summed E-state index contributed by atoms with van der Waals surface area (Å²) in [4.78, 5) is 12.2. The molecule has 1 atom stereocenters. The lowest BCUT2D eigenvalue weighted by atomic mass is 9.99. The van der Waals surface area contributed by atoms with Crippen LogP contribution in [0, 0.1) is 5.92 Å². The number of para-hydroxylation sites is 2. The average Bonchev–Trinajstić information content (AvgIpc) is 2.47. The van der Waals surface area contributed by atoms with Gasteiger partial charge in [0.1, 0.15) is 5.75 Å². The number of rotatable bonds is 5. The Kier molecular flexibility index (Phi) is 5.21. The van der Waals surface area contributed by atoms with Gasteiger partial charge in [-0.3, -0.25) is 4.79 Å². The van der Waals surface area contributed by atoms with E-state index in [1.807, 2.05) is 24.3 Å². The van der Waals surface area contributed by atoms with Crippen molar-refractivity contribution in [1.82, 2.24) is 5.32 Å². The summed E-state index contributed by atoms with van der Waals surface area (Å²) in [7, 11) is 0. The van der Waals surface area contributed by atoms with Gasteiger partial charge >= 0.3 is 0 Å². The van der Waals surface area contributed by atoms with Gasteiger partial charge in [0.2, 0.25) is 5.91 Å². The van der Waals surface area contributed by atoms with Gasteiger partial charge < -0.3 is 15.4 Å². The van der Waals surface area contributed by atoms with Crippen molar-refractivity contribution in [3.63, 3.8) is 0 Å². The molecule has 1 aliphatic heterocycles. The maximum Gasteiger partial charge on any atom is 0.228 e. The topological polar surface area (TPSA) is 50.4 Å². The van der Waals surface area contributed by atoms with Crippen LogP contribution < -0.4 is 15.4 Å². The first kappa shape index (κ1) is 13.9. The number of hydrogen-bond donors (Lipinski definition) is 2. The van der Waals surface area contributed by atoms with E-state index in [0.717, 1.165) is 43.8 Å². The molecule has 1 amide bonds. The quantitative estimate of drug-likeness (QED) is 0.856. The molecule has 1 aromatic rings. The van der Waals surface area contributed by atoms with Crippen molar-refractivity contribution in [1.29, 1.82) is 0 Å². The summed E-state index contributed by atoms with van der Waals surface area (Å²) < 4.78 is 5.64. The molecule has 0 aliphatic carbocycles. The second-order valence-corrected chi connectivity index (χ2v) is 4.88. The predicted molar refractivity (Wildman–Crippen MR) is 76.5 cm³/mol. The Bertz CT molecular complexity index is 414. The van der Waals surface area contributed by atoms with Crippen LogP contribution in [0.15, 0.2) is 24.3 Å². The van der Waals surface area contributed by atoms with Gasteiger partial charge in [0.15, 0.2) is 0 Å². The Morgan fingerprint density at radius 2 is 2.32 bits per heavy atom. The van der Waals surface area contributed by atoms with E-state index in [9.17, 15) is 4.79 Å². The van der Waals surface area contributed by atoms with E-state index in [-0.39, 0.29) is 11.8 Å². The minimum absolute atomic E-state index is 0.0629. The van der Waals surface area contributed by atoms with E-state index in [4.69, 9.17) is 4.74 Å². The first-order chi connectivity index (χ1) is 9.31. The van der Waals surface area contributed by atoms with E-state index < -0.39 is 0 Å². The number of amides is 1. The number of ether oxygens (including phenoxy) is 1. The highest BCUT2D eigenvalue weighted by Gasteiger charge is 2.21. The van der Waals surface area contributed by atoms with Gasteiger partial charge in [-0.05, 0) is 37.9 Å². The summed E-state index contributed by atoms with van der Waals surface area (Å²) in [6, 6.07) is 7.61. The Morgan fingerprint density at radius 3 is 3.05 bits per heavy atom. The van der Waals surface area contributed by atoms with Gasteiger partial charge in [-0.25, -0.2) is 0 Å². The fourth-order valence-electron chi connectivity index (χ4n) is 2.22. The molecule has 1 aliphatic rings. The van der Waals surface area contributed by atoms with Crippen LogP contribution in [0.4, 0.5) is 5.69 Å². The van der Waals surface area contributed by atoms with E-state index >= 15 is 0 Å². The van der Waals surface area contributed by atoms with Crippen LogP contribution in [0.25, 0.3) is 0 Å². The lowest BCUT2D eigenvalue weighted by Gasteiger charge is -2.22. The molecule has 1 saturated heterocycles. The molecule has 1 fully saturated rings. The van der Waals surface area contributed by atoms with Crippen LogP contribution in [-0.4, -0.2) is 25.6 Å². The van der Waals surface area contributed by atoms with Gasteiger partial charge in [-0.1, -0.05) is 19.1 Å². The van der Waals surface area contributed by atoms with Crippen LogP contribution in [0.3, 0.4) is 0 Å². The van der Waals surface area contributed by atoms with Gasteiger partial charge in [0.05, 0.1) is 18.2 Å². The molecule has 0 aromatic heterocycles. The molecule has 2 N–H and O–H groups in total. The normalized spacial score (nSPS) is 18.9. The highest BCUT2D eigenvalue weighted by atomic mass is 16.5. The van der Waals surface area contributed by atoms with E-state index in [1.165, 1.54) is 0 Å². The molecule has 0 saturated carbocycles. The first-order valence-corrected chi connectivity index (χ1v) is 7.04. The molecule has 2 rings (SSSR count). The minimum atomic E-state index is 0.0629. The highest BCUT2D eigenvalue weighted by Crippen LogP contribution is 2.25. The molecule has 0 bridgehead atoms. The fraction of sp³-hybridized carbons (Fsp3) is 0.533. The van der Waals surface area contributed by atoms with Gasteiger partial charge in [0, 0.05) is 6.54 Å². The van der Waals surface area contributed by atoms with Gasteiger partial charge in [0.25, 0.3) is 0 Å². The maximum absolute atomic E-state index is 12.2. The first-order valence-electron chi connectivity index (χ1n) is 7.04. The predicted octanol–water partition coefficient (Wildman–Crippen LogP) is 2.41. The summed E-state index contributed by atoms with van der Waals surface area (Å²) in [6.45, 7) is 4.51. The Morgan fingerprint density at radius 1 is 1.47 bits per heavy atom. The van der Waals surface area contributed by atoms with Crippen LogP contribution >= 0.6 is 0 Å². The van der Waals surface area contributed by atoms with E-state index in [0.29, 0.717) is 6.61 Å². The second kappa shape index (κ2) is 7.14. The van der Waals surface area contributed by atoms with Crippen LogP contribution in [-0.2, 0) is 4.79 Å². The number of anilines is 1. The molecule has 104 valence electrons. The molecular formula is C15H22N2O2. The second-order valence-electron chi connectivity index (χ2n) is 4.88. The van der Waals surface area contributed by atoms with Crippen LogP contribution in [0.1, 0.15) is 26.2 Å². The van der Waals surface area contributed by atoms with Crippen molar-refractivity contribution in [2.75, 3.05) is 25.0 Å². The van der Waals surface area contributed by atoms with Crippen LogP contribution in [0.2, 0.25) is 0 Å². The largest absolute Gasteiger partial charge is 0.491 e. The summed E-state index contributed by atoms with van der Waals surface area (Å²) in [5.74, 6) is 0.897. The third kappa shape index (κ3) is 3.96. The minimum Gasteiger partial charge on any atom is -0.491 e. The molecule has 4 nitrogen and oxygen atoms in total. The maximum atomic E-state index is 12.2. The summed E-state index contributed by atoms with van der Waals surface area (Å²) >= 11 is 0. The lowest BCUT2D eigenvalue weighted by molar-refractivity contribution is -0.120. The Hall–Kier alpha value is -1.55. The fourth-order valence-corrected chi connectivity index (χ4v) is 2.22. The standard InChI is InChI=1S/C15H22N2O2/c1-2-10-19-14-8-4-3-7-13(14)17-15(18)12-6-5-9-16-11-12/h3-4,7-8,12,16H,2,5-6,9-11H2,1H3,(H,17,18)/t12-/m0/s1. The van der Waals surface area contributed by atoms with E-state index in [2.05, 4.69) is 17.6 Å². The zero-order chi connectivity index (χ0) is 13.5. The number of hydrogen-bond acceptors (Lipinski definition) is 3. The number of benzene rings is 1. The SMILES string of the molecule is CCCOc1ccccc1NC(=O)[C@H]1CCCNC1. The average molecular weight is 262 g/mol. The molecule has 1 heterocycles. The molecule has 0 spiro atoms. The third-order valence-corrected chi connectivity index (χ3v) is 3.27. The van der Waals surface area contributed by atoms with Crippen molar-refractivity contribution >= 4 is 11.6 Å². The van der Waals surface area contributed by atoms with E-state index in [1.54, 1.807) is 0 Å². The van der Waals surface area contributed by atoms with Crippen molar-refractivity contribution in [2.45, 2.75) is 26.2 Å². The van der Waals surface area contributed by atoms with Gasteiger partial charge in [-0.2, -0.15) is 0 Å². The third-order valence-electron chi connectivity index (χ3n) is 3.27. The summed E-state index contributed by atoms with van der Waals surface area (Å²) in [6.07, 6.45) is 2.97. The summed E-state index contributed by atoms with van der Waals surface area (Å²) in [5, 5.41) is 6.24. The molecular weight excluding hydrogens is 240 g/mol. The zero-order valence-electron chi connectivity index (χ0n) is 11.4. The highest BCUT2D eigenvalue weighted by molar-refractivity contribution is 5.94. The molecule has 0 unspecified atom stereocenters.